The number of Topliss-reactive ketones (excluding diaryl/α,β-unsaturated/α-hetero) is 1. The SMILES string of the molecule is COc1ccc(C2/C(=C(\O)c3cc(Cl)c(OC)cc3OC)C(=O)C(=O)N2c2ccc(CC(=O)O)cc2)cc1. The standard InChI is InChI=1S/C28H24ClNO8/c1-36-18-10-6-16(7-11-18)25-24(26(33)19-13-20(29)22(38-3)14-21(19)37-2)27(34)28(35)30(25)17-8-4-15(5-9-17)12-23(31)32/h4-11,13-14,25,33H,12H2,1-3H3,(H,31,32)/b26-24+. The minimum Gasteiger partial charge on any atom is -0.507 e. The van der Waals surface area contributed by atoms with Crippen molar-refractivity contribution in [3.63, 3.8) is 0 Å². The Morgan fingerprint density at radius 1 is 0.895 bits per heavy atom. The smallest absolute Gasteiger partial charge is 0.307 e. The lowest BCUT2D eigenvalue weighted by molar-refractivity contribution is -0.136. The van der Waals surface area contributed by atoms with Crippen LogP contribution in [0.15, 0.2) is 66.2 Å². The van der Waals surface area contributed by atoms with Crippen LogP contribution in [0.3, 0.4) is 0 Å². The van der Waals surface area contributed by atoms with Crippen LogP contribution >= 0.6 is 11.6 Å². The highest BCUT2D eigenvalue weighted by molar-refractivity contribution is 6.51. The van der Waals surface area contributed by atoms with Crippen LogP contribution in [0, 0.1) is 0 Å². The highest BCUT2D eigenvalue weighted by atomic mass is 35.5. The average Bonchev–Trinajstić information content (AvgIpc) is 3.18. The topological polar surface area (TPSA) is 123 Å². The van der Waals surface area contributed by atoms with Gasteiger partial charge in [0.15, 0.2) is 0 Å². The Labute approximate surface area is 223 Å². The summed E-state index contributed by atoms with van der Waals surface area (Å²) in [5, 5.41) is 20.7. The summed E-state index contributed by atoms with van der Waals surface area (Å²) >= 11 is 6.30. The van der Waals surface area contributed by atoms with E-state index in [2.05, 4.69) is 0 Å². The molecule has 3 aromatic carbocycles. The molecule has 1 unspecified atom stereocenters. The van der Waals surface area contributed by atoms with E-state index < -0.39 is 29.5 Å². The predicted octanol–water partition coefficient (Wildman–Crippen LogP) is 4.62. The predicted molar refractivity (Wildman–Crippen MR) is 140 cm³/mol. The van der Waals surface area contributed by atoms with Crippen LogP contribution in [-0.4, -0.2) is 49.2 Å². The molecule has 1 aliphatic heterocycles. The number of carbonyl (C=O) groups excluding carboxylic acids is 2. The second kappa shape index (κ2) is 10.9. The minimum absolute atomic E-state index is 0.103. The molecule has 9 nitrogen and oxygen atoms in total. The second-order valence-electron chi connectivity index (χ2n) is 8.37. The largest absolute Gasteiger partial charge is 0.507 e. The Balaban J connectivity index is 1.92. The van der Waals surface area contributed by atoms with E-state index >= 15 is 0 Å². The van der Waals surface area contributed by atoms with Crippen molar-refractivity contribution in [1.82, 2.24) is 0 Å². The van der Waals surface area contributed by atoms with Gasteiger partial charge in [-0.15, -0.1) is 0 Å². The Bertz CT molecular complexity index is 1430. The molecular formula is C28H24ClNO8. The first-order valence-electron chi connectivity index (χ1n) is 11.4. The molecule has 1 atom stereocenters. The number of hydrogen-bond donors (Lipinski definition) is 2. The van der Waals surface area contributed by atoms with Gasteiger partial charge in [0.2, 0.25) is 0 Å². The summed E-state index contributed by atoms with van der Waals surface area (Å²) < 4.78 is 15.9. The van der Waals surface area contributed by atoms with Crippen molar-refractivity contribution in [2.75, 3.05) is 26.2 Å². The fourth-order valence-electron chi connectivity index (χ4n) is 4.34. The zero-order valence-corrected chi connectivity index (χ0v) is 21.5. The monoisotopic (exact) mass is 537 g/mol. The fraction of sp³-hybridized carbons (Fsp3) is 0.179. The molecule has 1 saturated heterocycles. The first kappa shape index (κ1) is 26.6. The number of anilines is 1. The van der Waals surface area contributed by atoms with Gasteiger partial charge in [0, 0.05) is 11.8 Å². The van der Waals surface area contributed by atoms with Gasteiger partial charge in [-0.05, 0) is 41.5 Å². The highest BCUT2D eigenvalue weighted by Gasteiger charge is 2.47. The Kier molecular flexibility index (Phi) is 7.59. The quantitative estimate of drug-likeness (QED) is 0.242. The van der Waals surface area contributed by atoms with E-state index in [1.807, 2.05) is 0 Å². The molecule has 3 aromatic rings. The molecule has 1 fully saturated rings. The van der Waals surface area contributed by atoms with Gasteiger partial charge in [-0.3, -0.25) is 19.3 Å². The van der Waals surface area contributed by atoms with E-state index in [0.717, 1.165) is 0 Å². The third-order valence-corrected chi connectivity index (χ3v) is 6.47. The molecule has 0 radical (unpaired) electrons. The third-order valence-electron chi connectivity index (χ3n) is 6.17. The van der Waals surface area contributed by atoms with Crippen molar-refractivity contribution in [3.05, 3.63) is 87.9 Å². The lowest BCUT2D eigenvalue weighted by Crippen LogP contribution is -2.29. The van der Waals surface area contributed by atoms with Crippen molar-refractivity contribution >= 4 is 40.7 Å². The van der Waals surface area contributed by atoms with Crippen LogP contribution in [0.25, 0.3) is 5.76 Å². The number of amides is 1. The summed E-state index contributed by atoms with van der Waals surface area (Å²) in [4.78, 5) is 39.1. The lowest BCUT2D eigenvalue weighted by atomic mass is 9.94. The van der Waals surface area contributed by atoms with E-state index in [9.17, 15) is 19.5 Å². The first-order chi connectivity index (χ1) is 18.2. The van der Waals surface area contributed by atoms with Crippen LogP contribution in [0.1, 0.15) is 22.7 Å². The maximum absolute atomic E-state index is 13.4. The molecule has 38 heavy (non-hydrogen) atoms. The van der Waals surface area contributed by atoms with Crippen LogP contribution in [-0.2, 0) is 20.8 Å². The molecule has 0 saturated carbocycles. The van der Waals surface area contributed by atoms with Crippen molar-refractivity contribution < 1.29 is 38.8 Å². The summed E-state index contributed by atoms with van der Waals surface area (Å²) in [5.41, 5.74) is 1.33. The average molecular weight is 538 g/mol. The van der Waals surface area contributed by atoms with Crippen molar-refractivity contribution in [1.29, 1.82) is 0 Å². The number of ketones is 1. The fourth-order valence-corrected chi connectivity index (χ4v) is 4.58. The Morgan fingerprint density at radius 2 is 1.53 bits per heavy atom. The lowest BCUT2D eigenvalue weighted by Gasteiger charge is -2.26. The number of nitrogens with zero attached hydrogens (tertiary/aromatic N) is 1. The van der Waals surface area contributed by atoms with E-state index in [-0.39, 0.29) is 28.3 Å². The number of aliphatic carboxylic acids is 1. The van der Waals surface area contributed by atoms with Gasteiger partial charge < -0.3 is 24.4 Å². The number of ether oxygens (including phenoxy) is 3. The number of carboxylic acids is 1. The van der Waals surface area contributed by atoms with Gasteiger partial charge in [0.05, 0.1) is 50.0 Å². The number of aliphatic hydroxyl groups excluding tert-OH is 1. The molecule has 0 aromatic heterocycles. The molecule has 0 bridgehead atoms. The molecule has 4 rings (SSSR count). The van der Waals surface area contributed by atoms with Crippen molar-refractivity contribution in [2.24, 2.45) is 0 Å². The third kappa shape index (κ3) is 4.88. The highest BCUT2D eigenvalue weighted by Crippen LogP contribution is 2.45. The number of methoxy groups -OCH3 is 3. The van der Waals surface area contributed by atoms with Gasteiger partial charge in [0.1, 0.15) is 23.0 Å². The minimum atomic E-state index is -1.02. The molecule has 0 aliphatic carbocycles. The Hall–Kier alpha value is -4.50. The maximum atomic E-state index is 13.4. The second-order valence-corrected chi connectivity index (χ2v) is 8.77. The molecule has 0 spiro atoms. The zero-order chi connectivity index (χ0) is 27.6. The van der Waals surface area contributed by atoms with Gasteiger partial charge >= 0.3 is 5.97 Å². The van der Waals surface area contributed by atoms with Crippen LogP contribution in [0.5, 0.6) is 17.2 Å². The number of benzene rings is 3. The first-order valence-corrected chi connectivity index (χ1v) is 11.8. The molecule has 1 amide bonds. The van der Waals surface area contributed by atoms with E-state index in [0.29, 0.717) is 28.3 Å². The van der Waals surface area contributed by atoms with Crippen molar-refractivity contribution in [2.45, 2.75) is 12.5 Å². The Morgan fingerprint density at radius 3 is 2.08 bits per heavy atom. The van der Waals surface area contributed by atoms with Crippen LogP contribution in [0.4, 0.5) is 5.69 Å². The van der Waals surface area contributed by atoms with Gasteiger partial charge in [-0.2, -0.15) is 0 Å². The summed E-state index contributed by atoms with van der Waals surface area (Å²) in [6.45, 7) is 0. The van der Waals surface area contributed by atoms with E-state index in [4.69, 9.17) is 30.9 Å². The summed E-state index contributed by atoms with van der Waals surface area (Å²) in [6.07, 6.45) is -0.195. The van der Waals surface area contributed by atoms with Gasteiger partial charge in [-0.1, -0.05) is 35.9 Å². The van der Waals surface area contributed by atoms with Crippen LogP contribution < -0.4 is 19.1 Å². The molecular weight excluding hydrogens is 514 g/mol. The number of halogens is 1. The molecule has 10 heteroatoms. The number of aliphatic hydroxyl groups is 1. The number of carboxylic acid groups (broad SMARTS) is 1. The number of hydrogen-bond acceptors (Lipinski definition) is 7. The molecule has 1 aliphatic rings. The normalized spacial score (nSPS) is 16.4. The molecule has 2 N–H and O–H groups in total. The number of carbonyl (C=O) groups is 3. The van der Waals surface area contributed by atoms with Crippen molar-refractivity contribution in [3.8, 4) is 17.2 Å². The summed E-state index contributed by atoms with van der Waals surface area (Å²) in [5.74, 6) is -2.20. The summed E-state index contributed by atoms with van der Waals surface area (Å²) in [7, 11) is 4.33. The molecule has 1 heterocycles. The van der Waals surface area contributed by atoms with Gasteiger partial charge in [-0.25, -0.2) is 0 Å². The van der Waals surface area contributed by atoms with E-state index in [1.165, 1.54) is 38.4 Å². The van der Waals surface area contributed by atoms with Gasteiger partial charge in [0.25, 0.3) is 11.7 Å². The maximum Gasteiger partial charge on any atom is 0.307 e. The summed E-state index contributed by atoms with van der Waals surface area (Å²) in [6, 6.07) is 14.8. The van der Waals surface area contributed by atoms with Crippen LogP contribution in [0.2, 0.25) is 5.02 Å². The number of rotatable bonds is 8. The zero-order valence-electron chi connectivity index (χ0n) is 20.7. The van der Waals surface area contributed by atoms with E-state index in [1.54, 1.807) is 48.5 Å². The molecule has 196 valence electrons.